The molecule has 2 fully saturated rings. The summed E-state index contributed by atoms with van der Waals surface area (Å²) in [5.74, 6) is -0.257. The molecule has 2 aliphatic rings. The van der Waals surface area contributed by atoms with Crippen LogP contribution in [0.5, 0.6) is 0 Å². The summed E-state index contributed by atoms with van der Waals surface area (Å²) < 4.78 is 27.8. The van der Waals surface area contributed by atoms with E-state index in [9.17, 15) is 13.4 Å². The Bertz CT molecular complexity index is 537. The van der Waals surface area contributed by atoms with Gasteiger partial charge in [-0.1, -0.05) is 12.1 Å². The third-order valence-electron chi connectivity index (χ3n) is 3.72. The molecule has 2 atom stereocenters. The Labute approximate surface area is 113 Å². The van der Waals surface area contributed by atoms with E-state index in [-0.39, 0.29) is 16.8 Å². The molecule has 0 bridgehead atoms. The van der Waals surface area contributed by atoms with Crippen molar-refractivity contribution in [3.05, 3.63) is 30.1 Å². The molecule has 2 heterocycles. The van der Waals surface area contributed by atoms with E-state index in [4.69, 9.17) is 0 Å². The van der Waals surface area contributed by atoms with Crippen LogP contribution in [0.4, 0.5) is 4.39 Å². The van der Waals surface area contributed by atoms with E-state index in [2.05, 4.69) is 0 Å². The highest BCUT2D eigenvalue weighted by Crippen LogP contribution is 2.25. The molecule has 2 unspecified atom stereocenters. The number of halogens is 1. The van der Waals surface area contributed by atoms with Gasteiger partial charge in [0.2, 0.25) is 5.91 Å². The second kappa shape index (κ2) is 5.02. The van der Waals surface area contributed by atoms with Gasteiger partial charge < -0.3 is 4.90 Å². The van der Waals surface area contributed by atoms with Crippen molar-refractivity contribution < 1.29 is 13.4 Å². The maximum Gasteiger partial charge on any atom is 0.222 e. The highest BCUT2D eigenvalue weighted by Gasteiger charge is 2.37. The Morgan fingerprint density at radius 3 is 2.84 bits per heavy atom. The Kier molecular flexibility index (Phi) is 3.36. The van der Waals surface area contributed by atoms with Gasteiger partial charge in [0.1, 0.15) is 16.8 Å². The van der Waals surface area contributed by atoms with E-state index >= 15 is 0 Å². The maximum absolute atomic E-state index is 13.6. The standard InChI is InChI=1S/C13H15FN2O2S/c14-11-3-1-2-4-12(11)19(18)15-7-8-16-10(9-15)5-6-13(16)17/h1-4,10H,5-9H2. The molecule has 1 aromatic carbocycles. The number of carbonyl (C=O) groups is 1. The number of carbonyl (C=O) groups excluding carboxylic acids is 1. The average Bonchev–Trinajstić information content (AvgIpc) is 2.80. The predicted molar refractivity (Wildman–Crippen MR) is 69.1 cm³/mol. The van der Waals surface area contributed by atoms with E-state index in [1.54, 1.807) is 22.5 Å². The topological polar surface area (TPSA) is 40.6 Å². The average molecular weight is 282 g/mol. The zero-order valence-corrected chi connectivity index (χ0v) is 11.2. The van der Waals surface area contributed by atoms with Gasteiger partial charge in [-0.2, -0.15) is 0 Å². The molecule has 0 N–H and O–H groups in total. The number of hydrogen-bond acceptors (Lipinski definition) is 2. The first-order valence-electron chi connectivity index (χ1n) is 6.37. The van der Waals surface area contributed by atoms with E-state index in [0.29, 0.717) is 26.1 Å². The summed E-state index contributed by atoms with van der Waals surface area (Å²) in [4.78, 5) is 13.7. The molecule has 2 aliphatic heterocycles. The summed E-state index contributed by atoms with van der Waals surface area (Å²) in [5.41, 5.74) is 0. The van der Waals surface area contributed by atoms with Crippen LogP contribution in [0.2, 0.25) is 0 Å². The number of fused-ring (bicyclic) bond motifs is 1. The van der Waals surface area contributed by atoms with Gasteiger partial charge in [0.25, 0.3) is 0 Å². The molecule has 0 radical (unpaired) electrons. The summed E-state index contributed by atoms with van der Waals surface area (Å²) >= 11 is 0. The summed E-state index contributed by atoms with van der Waals surface area (Å²) in [6.45, 7) is 1.68. The van der Waals surface area contributed by atoms with Crippen LogP contribution in [0.1, 0.15) is 12.8 Å². The first kappa shape index (κ1) is 12.7. The molecular formula is C13H15FN2O2S. The summed E-state index contributed by atoms with van der Waals surface area (Å²) in [5, 5.41) is 0. The molecule has 1 amide bonds. The fourth-order valence-corrected chi connectivity index (χ4v) is 3.97. The molecule has 1 aromatic rings. The SMILES string of the molecule is O=C1CCC2CN(S(=O)c3ccccc3F)CCN12. The molecule has 0 saturated carbocycles. The van der Waals surface area contributed by atoms with Crippen LogP contribution in [0.25, 0.3) is 0 Å². The minimum atomic E-state index is -1.48. The Balaban J connectivity index is 1.76. The normalized spacial score (nSPS) is 25.4. The number of piperazine rings is 1. The van der Waals surface area contributed by atoms with Gasteiger partial charge >= 0.3 is 0 Å². The van der Waals surface area contributed by atoms with Gasteiger partial charge in [0, 0.05) is 32.1 Å². The number of hydrogen-bond donors (Lipinski definition) is 0. The van der Waals surface area contributed by atoms with Crippen LogP contribution in [-0.2, 0) is 15.8 Å². The van der Waals surface area contributed by atoms with Crippen molar-refractivity contribution in [3.8, 4) is 0 Å². The smallest absolute Gasteiger partial charge is 0.222 e. The van der Waals surface area contributed by atoms with Crippen molar-refractivity contribution in [2.45, 2.75) is 23.8 Å². The lowest BCUT2D eigenvalue weighted by Gasteiger charge is -2.36. The fourth-order valence-electron chi connectivity index (χ4n) is 2.71. The molecule has 0 aliphatic carbocycles. The summed E-state index contributed by atoms with van der Waals surface area (Å²) in [6.07, 6.45) is 1.38. The Morgan fingerprint density at radius 1 is 1.26 bits per heavy atom. The second-order valence-electron chi connectivity index (χ2n) is 4.85. The van der Waals surface area contributed by atoms with Crippen LogP contribution in [-0.4, -0.2) is 45.0 Å². The van der Waals surface area contributed by atoms with Crippen LogP contribution in [0.15, 0.2) is 29.2 Å². The van der Waals surface area contributed by atoms with E-state index in [1.807, 2.05) is 4.90 Å². The monoisotopic (exact) mass is 282 g/mol. The molecule has 0 spiro atoms. The Hall–Kier alpha value is -1.27. The summed E-state index contributed by atoms with van der Waals surface area (Å²) in [6, 6.07) is 6.28. The zero-order valence-electron chi connectivity index (χ0n) is 10.4. The Morgan fingerprint density at radius 2 is 2.05 bits per heavy atom. The highest BCUT2D eigenvalue weighted by molar-refractivity contribution is 7.82. The number of benzene rings is 1. The summed E-state index contributed by atoms with van der Waals surface area (Å²) in [7, 11) is -1.48. The van der Waals surface area contributed by atoms with Crippen LogP contribution in [0.3, 0.4) is 0 Å². The predicted octanol–water partition coefficient (Wildman–Crippen LogP) is 1.15. The van der Waals surface area contributed by atoms with E-state index in [1.165, 1.54) is 6.07 Å². The largest absolute Gasteiger partial charge is 0.337 e. The van der Waals surface area contributed by atoms with Crippen LogP contribution in [0, 0.1) is 5.82 Å². The van der Waals surface area contributed by atoms with Crippen molar-refractivity contribution in [2.24, 2.45) is 0 Å². The minimum absolute atomic E-state index is 0.136. The lowest BCUT2D eigenvalue weighted by atomic mass is 10.2. The molecular weight excluding hydrogens is 267 g/mol. The molecule has 6 heteroatoms. The molecule has 0 aromatic heterocycles. The van der Waals surface area contributed by atoms with Gasteiger partial charge in [-0.15, -0.1) is 0 Å². The minimum Gasteiger partial charge on any atom is -0.337 e. The molecule has 3 rings (SSSR count). The van der Waals surface area contributed by atoms with Gasteiger partial charge in [0.15, 0.2) is 0 Å². The van der Waals surface area contributed by atoms with Gasteiger partial charge in [0.05, 0.1) is 4.90 Å². The first-order valence-corrected chi connectivity index (χ1v) is 7.48. The highest BCUT2D eigenvalue weighted by atomic mass is 32.2. The van der Waals surface area contributed by atoms with Gasteiger partial charge in [-0.05, 0) is 18.6 Å². The zero-order chi connectivity index (χ0) is 13.4. The second-order valence-corrected chi connectivity index (χ2v) is 6.30. The lowest BCUT2D eigenvalue weighted by molar-refractivity contribution is -0.130. The fraction of sp³-hybridized carbons (Fsp3) is 0.462. The van der Waals surface area contributed by atoms with Crippen molar-refractivity contribution in [2.75, 3.05) is 19.6 Å². The number of amides is 1. The van der Waals surface area contributed by atoms with Crippen molar-refractivity contribution in [1.29, 1.82) is 0 Å². The van der Waals surface area contributed by atoms with E-state index in [0.717, 1.165) is 6.42 Å². The number of rotatable bonds is 2. The number of nitrogens with zero attached hydrogens (tertiary/aromatic N) is 2. The third-order valence-corrected chi connectivity index (χ3v) is 5.22. The van der Waals surface area contributed by atoms with Crippen LogP contribution < -0.4 is 0 Å². The van der Waals surface area contributed by atoms with Crippen molar-refractivity contribution >= 4 is 16.9 Å². The van der Waals surface area contributed by atoms with Gasteiger partial charge in [-0.3, -0.25) is 4.79 Å². The van der Waals surface area contributed by atoms with Crippen molar-refractivity contribution in [1.82, 2.24) is 9.21 Å². The van der Waals surface area contributed by atoms with E-state index < -0.39 is 16.8 Å². The molecule has 4 nitrogen and oxygen atoms in total. The van der Waals surface area contributed by atoms with Crippen LogP contribution >= 0.6 is 0 Å². The maximum atomic E-state index is 13.6. The quantitative estimate of drug-likeness (QED) is 0.816. The third kappa shape index (κ3) is 2.30. The first-order chi connectivity index (χ1) is 9.16. The molecule has 19 heavy (non-hydrogen) atoms. The molecule has 2 saturated heterocycles. The lowest BCUT2D eigenvalue weighted by Crippen LogP contribution is -2.51. The van der Waals surface area contributed by atoms with Gasteiger partial charge in [-0.25, -0.2) is 12.9 Å². The molecule has 102 valence electrons. The van der Waals surface area contributed by atoms with Crippen molar-refractivity contribution in [3.63, 3.8) is 0 Å².